The lowest BCUT2D eigenvalue weighted by Gasteiger charge is -2.15. The Labute approximate surface area is 201 Å². The summed E-state index contributed by atoms with van der Waals surface area (Å²) in [6.45, 7) is 3.63. The molecule has 10 heteroatoms. The smallest absolute Gasteiger partial charge is 0.344 e. The average molecular weight is 485 g/mol. The maximum absolute atomic E-state index is 14.5. The van der Waals surface area contributed by atoms with E-state index in [1.165, 1.54) is 7.11 Å². The zero-order valence-electron chi connectivity index (χ0n) is 19.4. The number of nitrogens with two attached hydrogens (primary N) is 1. The van der Waals surface area contributed by atoms with Crippen LogP contribution in [0, 0.1) is 11.6 Å². The van der Waals surface area contributed by atoms with E-state index in [0.29, 0.717) is 23.9 Å². The minimum absolute atomic E-state index is 0.0510. The van der Waals surface area contributed by atoms with Crippen molar-refractivity contribution in [2.24, 2.45) is 10.9 Å². The normalized spacial score (nSPS) is 12.2. The Kier molecular flexibility index (Phi) is 8.32. The predicted octanol–water partition coefficient (Wildman–Crippen LogP) is 4.89. The third-order valence-electron chi connectivity index (χ3n) is 5.03. The van der Waals surface area contributed by atoms with Gasteiger partial charge in [-0.3, -0.25) is 0 Å². The standard InChI is InChI=1S/C25H25F2N3O5/c1-4-22(25(31)32)35-24-21(27)12-20(26)23(29-24)34-19-10-17(14(2)30-33-3)9-18(11-19)16-7-5-6-15(8-16)13-28/h5-12,22H,4,13,28H2,1-3H3,(H,31,32)/t22-/m1/s1. The molecule has 184 valence electrons. The molecule has 0 aliphatic rings. The highest BCUT2D eigenvalue weighted by atomic mass is 19.1. The second-order valence-electron chi connectivity index (χ2n) is 7.53. The first kappa shape index (κ1) is 25.6. The molecule has 0 radical (unpaired) electrons. The molecule has 1 atom stereocenters. The van der Waals surface area contributed by atoms with Crippen LogP contribution >= 0.6 is 0 Å². The molecular weight excluding hydrogens is 460 g/mol. The molecule has 1 aromatic heterocycles. The van der Waals surface area contributed by atoms with Crippen LogP contribution in [0.4, 0.5) is 8.78 Å². The number of carboxylic acid groups (broad SMARTS) is 1. The van der Waals surface area contributed by atoms with Gasteiger partial charge in [-0.05, 0) is 54.3 Å². The number of hydrogen-bond donors (Lipinski definition) is 2. The summed E-state index contributed by atoms with van der Waals surface area (Å²) in [7, 11) is 1.41. The fraction of sp³-hybridized carbons (Fsp3) is 0.240. The summed E-state index contributed by atoms with van der Waals surface area (Å²) in [4.78, 5) is 19.9. The quantitative estimate of drug-likeness (QED) is 0.310. The van der Waals surface area contributed by atoms with Crippen LogP contribution in [0.2, 0.25) is 0 Å². The first-order valence-corrected chi connectivity index (χ1v) is 10.7. The Morgan fingerprint density at radius 3 is 2.51 bits per heavy atom. The molecule has 0 bridgehead atoms. The van der Waals surface area contributed by atoms with Gasteiger partial charge in [0, 0.05) is 18.2 Å². The highest BCUT2D eigenvalue weighted by Crippen LogP contribution is 2.32. The summed E-state index contributed by atoms with van der Waals surface area (Å²) < 4.78 is 39.6. The number of oxime groups is 1. The Morgan fingerprint density at radius 2 is 1.86 bits per heavy atom. The van der Waals surface area contributed by atoms with Crippen molar-refractivity contribution in [3.05, 3.63) is 71.3 Å². The Bertz CT molecular complexity index is 1250. The second-order valence-corrected chi connectivity index (χ2v) is 7.53. The SMILES string of the molecule is CC[C@@H](Oc1nc(Oc2cc(C(C)=NOC)cc(-c3cccc(CN)c3)c2)c(F)cc1F)C(=O)O. The minimum Gasteiger partial charge on any atom is -0.479 e. The number of halogens is 2. The van der Waals surface area contributed by atoms with E-state index in [9.17, 15) is 18.7 Å². The number of aliphatic carboxylic acids is 1. The number of carbonyl (C=O) groups is 1. The van der Waals surface area contributed by atoms with Gasteiger partial charge in [-0.2, -0.15) is 4.98 Å². The van der Waals surface area contributed by atoms with Crippen LogP contribution in [-0.4, -0.2) is 35.0 Å². The molecule has 0 saturated carbocycles. The summed E-state index contributed by atoms with van der Waals surface area (Å²) in [5.74, 6) is -4.62. The first-order chi connectivity index (χ1) is 16.7. The van der Waals surface area contributed by atoms with E-state index in [1.807, 2.05) is 30.3 Å². The molecule has 2 aromatic carbocycles. The summed E-state index contributed by atoms with van der Waals surface area (Å²) in [5, 5.41) is 13.1. The number of benzene rings is 2. The number of rotatable bonds is 10. The van der Waals surface area contributed by atoms with Gasteiger partial charge in [0.25, 0.3) is 11.8 Å². The maximum atomic E-state index is 14.5. The van der Waals surface area contributed by atoms with Gasteiger partial charge < -0.3 is 25.2 Å². The van der Waals surface area contributed by atoms with Crippen LogP contribution in [0.25, 0.3) is 11.1 Å². The van der Waals surface area contributed by atoms with Crippen LogP contribution in [0.3, 0.4) is 0 Å². The molecule has 3 rings (SSSR count). The van der Waals surface area contributed by atoms with E-state index < -0.39 is 35.5 Å². The van der Waals surface area contributed by atoms with Crippen LogP contribution in [-0.2, 0) is 16.2 Å². The fourth-order valence-electron chi connectivity index (χ4n) is 3.24. The molecule has 0 aliphatic heterocycles. The third-order valence-corrected chi connectivity index (χ3v) is 5.03. The van der Waals surface area contributed by atoms with Crippen molar-refractivity contribution in [1.29, 1.82) is 0 Å². The van der Waals surface area contributed by atoms with Crippen molar-refractivity contribution in [2.45, 2.75) is 32.9 Å². The minimum atomic E-state index is -1.35. The predicted molar refractivity (Wildman–Crippen MR) is 126 cm³/mol. The van der Waals surface area contributed by atoms with Gasteiger partial charge in [-0.1, -0.05) is 30.3 Å². The van der Waals surface area contributed by atoms with Crippen LogP contribution in [0.1, 0.15) is 31.4 Å². The summed E-state index contributed by atoms with van der Waals surface area (Å²) in [6.07, 6.45) is -1.30. The molecule has 0 fully saturated rings. The maximum Gasteiger partial charge on any atom is 0.344 e. The zero-order valence-corrected chi connectivity index (χ0v) is 19.4. The van der Waals surface area contributed by atoms with E-state index in [2.05, 4.69) is 10.1 Å². The van der Waals surface area contributed by atoms with E-state index in [4.69, 9.17) is 20.0 Å². The highest BCUT2D eigenvalue weighted by Gasteiger charge is 2.22. The number of carboxylic acids is 1. The molecule has 0 unspecified atom stereocenters. The summed E-state index contributed by atoms with van der Waals surface area (Å²) >= 11 is 0. The van der Waals surface area contributed by atoms with Gasteiger partial charge in [-0.15, -0.1) is 0 Å². The fourth-order valence-corrected chi connectivity index (χ4v) is 3.24. The van der Waals surface area contributed by atoms with Crippen molar-refractivity contribution in [3.8, 4) is 28.6 Å². The molecule has 8 nitrogen and oxygen atoms in total. The Morgan fingerprint density at radius 1 is 1.11 bits per heavy atom. The van der Waals surface area contributed by atoms with Gasteiger partial charge >= 0.3 is 5.97 Å². The number of aromatic nitrogens is 1. The molecular formula is C25H25F2N3O5. The lowest BCUT2D eigenvalue weighted by atomic mass is 9.99. The highest BCUT2D eigenvalue weighted by molar-refractivity contribution is 5.99. The van der Waals surface area contributed by atoms with Crippen molar-refractivity contribution < 1.29 is 33.0 Å². The number of nitrogens with zero attached hydrogens (tertiary/aromatic N) is 2. The molecule has 0 amide bonds. The summed E-state index contributed by atoms with van der Waals surface area (Å²) in [5.41, 5.74) is 9.36. The third kappa shape index (κ3) is 6.30. The summed E-state index contributed by atoms with van der Waals surface area (Å²) in [6, 6.07) is 13.2. The van der Waals surface area contributed by atoms with Crippen molar-refractivity contribution in [3.63, 3.8) is 0 Å². The topological polar surface area (TPSA) is 116 Å². The van der Waals surface area contributed by atoms with Crippen LogP contribution in [0.15, 0.2) is 53.7 Å². The van der Waals surface area contributed by atoms with Gasteiger partial charge in [-0.25, -0.2) is 13.6 Å². The Balaban J connectivity index is 2.06. The Hall–Kier alpha value is -4.05. The monoisotopic (exact) mass is 485 g/mol. The van der Waals surface area contributed by atoms with E-state index in [0.717, 1.165) is 16.7 Å². The lowest BCUT2D eigenvalue weighted by molar-refractivity contribution is -0.145. The van der Waals surface area contributed by atoms with Gasteiger partial charge in [0.15, 0.2) is 17.7 Å². The van der Waals surface area contributed by atoms with Crippen molar-refractivity contribution in [1.82, 2.24) is 4.98 Å². The molecule has 3 N–H and O–H groups in total. The van der Waals surface area contributed by atoms with Crippen molar-refractivity contribution >= 4 is 11.7 Å². The van der Waals surface area contributed by atoms with Gasteiger partial charge in [0.2, 0.25) is 0 Å². The molecule has 0 spiro atoms. The van der Waals surface area contributed by atoms with Gasteiger partial charge in [0.1, 0.15) is 12.9 Å². The largest absolute Gasteiger partial charge is 0.479 e. The van der Waals surface area contributed by atoms with E-state index >= 15 is 0 Å². The van der Waals surface area contributed by atoms with Gasteiger partial charge in [0.05, 0.1) is 5.71 Å². The molecule has 1 heterocycles. The second kappa shape index (κ2) is 11.4. The van der Waals surface area contributed by atoms with E-state index in [1.54, 1.807) is 26.0 Å². The average Bonchev–Trinajstić information content (AvgIpc) is 2.84. The molecule has 3 aromatic rings. The molecule has 0 aliphatic carbocycles. The number of ether oxygens (including phenoxy) is 2. The lowest BCUT2D eigenvalue weighted by Crippen LogP contribution is -2.26. The molecule has 0 saturated heterocycles. The first-order valence-electron chi connectivity index (χ1n) is 10.7. The zero-order chi connectivity index (χ0) is 25.5. The molecule has 35 heavy (non-hydrogen) atoms. The van der Waals surface area contributed by atoms with Crippen LogP contribution < -0.4 is 15.2 Å². The van der Waals surface area contributed by atoms with E-state index in [-0.39, 0.29) is 12.2 Å². The number of pyridine rings is 1. The number of hydrogen-bond acceptors (Lipinski definition) is 7. The van der Waals surface area contributed by atoms with Crippen molar-refractivity contribution in [2.75, 3.05) is 7.11 Å². The van der Waals surface area contributed by atoms with Crippen LogP contribution in [0.5, 0.6) is 17.5 Å².